The monoisotopic (exact) mass is 337 g/mol. The van der Waals surface area contributed by atoms with Crippen molar-refractivity contribution in [2.24, 2.45) is 0 Å². The number of carbonyl (C=O) groups excluding carboxylic acids is 1. The maximum Gasteiger partial charge on any atom is 0.412 e. The third kappa shape index (κ3) is 5.87. The molecule has 0 fully saturated rings. The van der Waals surface area contributed by atoms with Gasteiger partial charge < -0.3 is 9.47 Å². The Morgan fingerprint density at radius 3 is 2.53 bits per heavy atom. The van der Waals surface area contributed by atoms with Gasteiger partial charge in [-0.15, -0.1) is 0 Å². The van der Waals surface area contributed by atoms with Crippen molar-refractivity contribution in [3.8, 4) is 5.75 Å². The Morgan fingerprint density at radius 2 is 2.00 bits per heavy atom. The first-order valence-corrected chi connectivity index (χ1v) is 6.21. The second-order valence-corrected chi connectivity index (χ2v) is 5.56. The van der Waals surface area contributed by atoms with Gasteiger partial charge in [-0.25, -0.2) is 4.79 Å². The predicted molar refractivity (Wildman–Crippen MR) is 70.6 cm³/mol. The van der Waals surface area contributed by atoms with Gasteiger partial charge in [-0.2, -0.15) is 8.78 Å². The molecule has 1 rings (SSSR count). The molecule has 0 saturated heterocycles. The molecule has 0 atom stereocenters. The molecular formula is C12H14BrF2NO3. The summed E-state index contributed by atoms with van der Waals surface area (Å²) >= 11 is 3.18. The number of anilines is 1. The first-order valence-electron chi connectivity index (χ1n) is 5.42. The normalized spacial score (nSPS) is 11.3. The molecular weight excluding hydrogens is 324 g/mol. The lowest BCUT2D eigenvalue weighted by atomic mass is 10.2. The number of rotatable bonds is 3. The van der Waals surface area contributed by atoms with Crippen molar-refractivity contribution in [2.45, 2.75) is 33.0 Å². The number of amides is 1. The maximum absolute atomic E-state index is 12.2. The van der Waals surface area contributed by atoms with Crippen molar-refractivity contribution in [1.29, 1.82) is 0 Å². The molecule has 0 radical (unpaired) electrons. The molecule has 1 aromatic carbocycles. The molecule has 0 aromatic heterocycles. The summed E-state index contributed by atoms with van der Waals surface area (Å²) in [5.41, 5.74) is -0.580. The van der Waals surface area contributed by atoms with E-state index in [4.69, 9.17) is 4.74 Å². The fourth-order valence-corrected chi connectivity index (χ4v) is 1.57. The number of alkyl halides is 2. The van der Waals surface area contributed by atoms with Crippen LogP contribution in [0.1, 0.15) is 20.8 Å². The second kappa shape index (κ2) is 6.18. The Morgan fingerprint density at radius 1 is 1.37 bits per heavy atom. The molecule has 0 heterocycles. The zero-order valence-electron chi connectivity index (χ0n) is 10.7. The fourth-order valence-electron chi connectivity index (χ4n) is 1.21. The summed E-state index contributed by atoms with van der Waals surface area (Å²) in [6, 6.07) is 4.29. The summed E-state index contributed by atoms with van der Waals surface area (Å²) in [6.45, 7) is 2.12. The van der Waals surface area contributed by atoms with Crippen molar-refractivity contribution < 1.29 is 23.0 Å². The van der Waals surface area contributed by atoms with Crippen LogP contribution in [-0.4, -0.2) is 18.3 Å². The van der Waals surface area contributed by atoms with E-state index in [-0.39, 0.29) is 11.4 Å². The van der Waals surface area contributed by atoms with Crippen LogP contribution in [0, 0.1) is 0 Å². The van der Waals surface area contributed by atoms with Crippen LogP contribution in [0.2, 0.25) is 0 Å². The smallest absolute Gasteiger partial charge is 0.412 e. The third-order valence-corrected chi connectivity index (χ3v) is 2.29. The zero-order valence-corrected chi connectivity index (χ0v) is 12.3. The lowest BCUT2D eigenvalue weighted by Crippen LogP contribution is -2.27. The van der Waals surface area contributed by atoms with E-state index in [0.717, 1.165) is 0 Å². The van der Waals surface area contributed by atoms with Crippen LogP contribution < -0.4 is 10.1 Å². The van der Waals surface area contributed by atoms with Crippen molar-refractivity contribution in [1.82, 2.24) is 0 Å². The molecule has 1 aromatic rings. The summed E-state index contributed by atoms with van der Waals surface area (Å²) in [4.78, 5) is 11.6. The van der Waals surface area contributed by atoms with E-state index in [0.29, 0.717) is 4.47 Å². The van der Waals surface area contributed by atoms with Gasteiger partial charge >= 0.3 is 12.7 Å². The standard InChI is InChI=1S/C12H14BrF2NO3/c1-12(2,3)19-11(17)16-8-6-7(13)4-5-9(8)18-10(14)15/h4-6,10H,1-3H3,(H,16,17). The molecule has 1 amide bonds. The molecule has 0 unspecified atom stereocenters. The highest BCUT2D eigenvalue weighted by atomic mass is 79.9. The molecule has 19 heavy (non-hydrogen) atoms. The molecule has 4 nitrogen and oxygen atoms in total. The Balaban J connectivity index is 2.86. The van der Waals surface area contributed by atoms with Crippen LogP contribution in [-0.2, 0) is 4.74 Å². The first kappa shape index (κ1) is 15.7. The Bertz CT molecular complexity index is 461. The van der Waals surface area contributed by atoms with E-state index in [1.165, 1.54) is 18.2 Å². The highest BCUT2D eigenvalue weighted by molar-refractivity contribution is 9.10. The molecule has 0 aliphatic heterocycles. The molecule has 0 spiro atoms. The van der Waals surface area contributed by atoms with Crippen LogP contribution in [0.25, 0.3) is 0 Å². The van der Waals surface area contributed by atoms with Gasteiger partial charge in [0.05, 0.1) is 5.69 Å². The highest BCUT2D eigenvalue weighted by Crippen LogP contribution is 2.29. The topological polar surface area (TPSA) is 47.6 Å². The summed E-state index contributed by atoms with van der Waals surface area (Å²) in [5.74, 6) is -0.135. The molecule has 0 aliphatic carbocycles. The van der Waals surface area contributed by atoms with Gasteiger partial charge in [0.1, 0.15) is 11.4 Å². The molecule has 106 valence electrons. The SMILES string of the molecule is CC(C)(C)OC(=O)Nc1cc(Br)ccc1OC(F)F. The minimum Gasteiger partial charge on any atom is -0.444 e. The second-order valence-electron chi connectivity index (χ2n) is 4.65. The van der Waals surface area contributed by atoms with E-state index < -0.39 is 18.3 Å². The largest absolute Gasteiger partial charge is 0.444 e. The van der Waals surface area contributed by atoms with E-state index in [2.05, 4.69) is 26.0 Å². The van der Waals surface area contributed by atoms with Crippen LogP contribution in [0.3, 0.4) is 0 Å². The predicted octanol–water partition coefficient (Wildman–Crippen LogP) is 4.40. The average Bonchev–Trinajstić information content (AvgIpc) is 2.18. The lowest BCUT2D eigenvalue weighted by molar-refractivity contribution is -0.0494. The number of hydrogen-bond acceptors (Lipinski definition) is 3. The van der Waals surface area contributed by atoms with Crippen molar-refractivity contribution in [2.75, 3.05) is 5.32 Å². The van der Waals surface area contributed by atoms with E-state index >= 15 is 0 Å². The van der Waals surface area contributed by atoms with Gasteiger partial charge in [0.15, 0.2) is 0 Å². The van der Waals surface area contributed by atoms with Gasteiger partial charge in [0.25, 0.3) is 0 Å². The lowest BCUT2D eigenvalue weighted by Gasteiger charge is -2.20. The quantitative estimate of drug-likeness (QED) is 0.889. The van der Waals surface area contributed by atoms with Crippen LogP contribution in [0.5, 0.6) is 5.75 Å². The number of ether oxygens (including phenoxy) is 2. The summed E-state index contributed by atoms with van der Waals surface area (Å²) in [5, 5.41) is 2.36. The van der Waals surface area contributed by atoms with E-state index in [9.17, 15) is 13.6 Å². The number of carbonyl (C=O) groups is 1. The summed E-state index contributed by atoms with van der Waals surface area (Å²) in [7, 11) is 0. The van der Waals surface area contributed by atoms with Crippen molar-refractivity contribution in [3.05, 3.63) is 22.7 Å². The van der Waals surface area contributed by atoms with Gasteiger partial charge in [0.2, 0.25) is 0 Å². The highest BCUT2D eigenvalue weighted by Gasteiger charge is 2.18. The van der Waals surface area contributed by atoms with Crippen LogP contribution in [0.4, 0.5) is 19.3 Å². The Labute approximate surface area is 118 Å². The van der Waals surface area contributed by atoms with Gasteiger partial charge in [-0.3, -0.25) is 5.32 Å². The van der Waals surface area contributed by atoms with Gasteiger partial charge in [-0.05, 0) is 39.0 Å². The van der Waals surface area contributed by atoms with Gasteiger partial charge in [0, 0.05) is 4.47 Å². The molecule has 0 saturated carbocycles. The zero-order chi connectivity index (χ0) is 14.6. The van der Waals surface area contributed by atoms with Crippen LogP contribution >= 0.6 is 15.9 Å². The molecule has 1 N–H and O–H groups in total. The number of nitrogens with one attached hydrogen (secondary N) is 1. The Hall–Kier alpha value is -1.37. The number of halogens is 3. The van der Waals surface area contributed by atoms with Gasteiger partial charge in [-0.1, -0.05) is 15.9 Å². The maximum atomic E-state index is 12.2. The Kier molecular flexibility index (Phi) is 5.11. The number of hydrogen-bond donors (Lipinski definition) is 1. The molecule has 0 bridgehead atoms. The minimum atomic E-state index is -2.97. The van der Waals surface area contributed by atoms with E-state index in [1.54, 1.807) is 20.8 Å². The van der Waals surface area contributed by atoms with Crippen molar-refractivity contribution >= 4 is 27.7 Å². The average molecular weight is 338 g/mol. The first-order chi connectivity index (χ1) is 8.67. The third-order valence-electron chi connectivity index (χ3n) is 1.79. The minimum absolute atomic E-state index is 0.101. The summed E-state index contributed by atoms with van der Waals surface area (Å²) < 4.78 is 34.4. The fraction of sp³-hybridized carbons (Fsp3) is 0.417. The molecule has 7 heteroatoms. The van der Waals surface area contributed by atoms with Crippen molar-refractivity contribution in [3.63, 3.8) is 0 Å². The molecule has 0 aliphatic rings. The van der Waals surface area contributed by atoms with E-state index in [1.807, 2.05) is 0 Å². The van der Waals surface area contributed by atoms with Crippen LogP contribution in [0.15, 0.2) is 22.7 Å². The number of benzene rings is 1. The summed E-state index contributed by atoms with van der Waals surface area (Å²) in [6.07, 6.45) is -0.746.